The summed E-state index contributed by atoms with van der Waals surface area (Å²) in [7, 11) is 0. The van der Waals surface area contributed by atoms with E-state index in [1.807, 2.05) is 4.90 Å². The summed E-state index contributed by atoms with van der Waals surface area (Å²) in [5, 5.41) is 2.77. The van der Waals surface area contributed by atoms with Crippen molar-refractivity contribution in [1.29, 1.82) is 0 Å². The summed E-state index contributed by atoms with van der Waals surface area (Å²) in [4.78, 5) is 29.6. The second-order valence-corrected chi connectivity index (χ2v) is 5.41. The van der Waals surface area contributed by atoms with Crippen molar-refractivity contribution < 1.29 is 9.59 Å². The van der Waals surface area contributed by atoms with Gasteiger partial charge in [0.2, 0.25) is 5.91 Å². The SMILES string of the molecule is Nc1cnc(Cl)c(C(=O)NCCC(=O)N2CCCCC2)c1. The van der Waals surface area contributed by atoms with Gasteiger partial charge in [-0.1, -0.05) is 11.6 Å². The van der Waals surface area contributed by atoms with Crippen molar-refractivity contribution in [2.75, 3.05) is 25.4 Å². The molecule has 1 aromatic rings. The number of rotatable bonds is 4. The summed E-state index contributed by atoms with van der Waals surface area (Å²) in [6.07, 6.45) is 4.98. The van der Waals surface area contributed by atoms with Gasteiger partial charge in [0.05, 0.1) is 17.4 Å². The molecule has 0 radical (unpaired) electrons. The first-order chi connectivity index (χ1) is 10.1. The third-order valence-electron chi connectivity index (χ3n) is 3.44. The van der Waals surface area contributed by atoms with Crippen LogP contribution in [0.2, 0.25) is 5.15 Å². The van der Waals surface area contributed by atoms with Crippen LogP contribution in [0.5, 0.6) is 0 Å². The number of nitrogens with one attached hydrogen (secondary N) is 1. The number of pyridine rings is 1. The van der Waals surface area contributed by atoms with E-state index >= 15 is 0 Å². The average molecular weight is 311 g/mol. The lowest BCUT2D eigenvalue weighted by Crippen LogP contribution is -2.37. The van der Waals surface area contributed by atoms with E-state index in [9.17, 15) is 9.59 Å². The molecule has 7 heteroatoms. The van der Waals surface area contributed by atoms with Crippen molar-refractivity contribution in [3.8, 4) is 0 Å². The lowest BCUT2D eigenvalue weighted by atomic mass is 10.1. The molecule has 1 saturated heterocycles. The zero-order chi connectivity index (χ0) is 15.2. The topological polar surface area (TPSA) is 88.3 Å². The standard InChI is InChI=1S/C14H19ClN4O2/c15-13-11(8-10(16)9-18-13)14(21)17-5-4-12(20)19-6-2-1-3-7-19/h8-9H,1-7,16H2,(H,17,21). The van der Waals surface area contributed by atoms with Crippen molar-refractivity contribution >= 4 is 29.1 Å². The molecule has 2 amide bonds. The summed E-state index contributed by atoms with van der Waals surface area (Å²) >= 11 is 5.85. The van der Waals surface area contributed by atoms with Crippen molar-refractivity contribution in [3.05, 3.63) is 23.0 Å². The highest BCUT2D eigenvalue weighted by atomic mass is 35.5. The smallest absolute Gasteiger partial charge is 0.254 e. The van der Waals surface area contributed by atoms with Gasteiger partial charge in [-0.15, -0.1) is 0 Å². The first kappa shape index (κ1) is 15.6. The Morgan fingerprint density at radius 2 is 2.05 bits per heavy atom. The van der Waals surface area contributed by atoms with E-state index in [2.05, 4.69) is 10.3 Å². The van der Waals surface area contributed by atoms with Crippen molar-refractivity contribution in [2.24, 2.45) is 0 Å². The fourth-order valence-electron chi connectivity index (χ4n) is 2.30. The van der Waals surface area contributed by atoms with Crippen LogP contribution in [0, 0.1) is 0 Å². The molecule has 0 spiro atoms. The van der Waals surface area contributed by atoms with E-state index in [1.54, 1.807) is 0 Å². The maximum atomic E-state index is 12.0. The molecular formula is C14H19ClN4O2. The van der Waals surface area contributed by atoms with E-state index in [0.717, 1.165) is 25.9 Å². The van der Waals surface area contributed by atoms with Gasteiger partial charge in [-0.3, -0.25) is 9.59 Å². The molecule has 3 N–H and O–H groups in total. The van der Waals surface area contributed by atoms with E-state index in [0.29, 0.717) is 12.1 Å². The predicted octanol–water partition coefficient (Wildman–Crippen LogP) is 1.45. The average Bonchev–Trinajstić information content (AvgIpc) is 2.50. The van der Waals surface area contributed by atoms with Gasteiger partial charge < -0.3 is 16.0 Å². The molecule has 0 saturated carbocycles. The number of halogens is 1. The van der Waals surface area contributed by atoms with Gasteiger partial charge in [-0.2, -0.15) is 0 Å². The molecule has 1 aliphatic heterocycles. The van der Waals surface area contributed by atoms with Gasteiger partial charge in [0.25, 0.3) is 5.91 Å². The minimum absolute atomic E-state index is 0.0757. The van der Waals surface area contributed by atoms with Gasteiger partial charge in [0, 0.05) is 26.1 Å². The van der Waals surface area contributed by atoms with Crippen molar-refractivity contribution in [1.82, 2.24) is 15.2 Å². The monoisotopic (exact) mass is 310 g/mol. The van der Waals surface area contributed by atoms with Crippen LogP contribution in [0.1, 0.15) is 36.0 Å². The third-order valence-corrected chi connectivity index (χ3v) is 3.74. The van der Waals surface area contributed by atoms with Crippen LogP contribution in [0.3, 0.4) is 0 Å². The molecule has 0 atom stereocenters. The number of nitrogens with two attached hydrogens (primary N) is 1. The molecule has 0 aromatic carbocycles. The number of amides is 2. The maximum absolute atomic E-state index is 12.0. The minimum atomic E-state index is -0.369. The van der Waals surface area contributed by atoms with Crippen molar-refractivity contribution in [2.45, 2.75) is 25.7 Å². The lowest BCUT2D eigenvalue weighted by Gasteiger charge is -2.26. The normalized spacial score (nSPS) is 14.8. The first-order valence-electron chi connectivity index (χ1n) is 7.05. The van der Waals surface area contributed by atoms with E-state index in [1.165, 1.54) is 18.7 Å². The van der Waals surface area contributed by atoms with Gasteiger partial charge in [0.15, 0.2) is 0 Å². The number of hydrogen-bond donors (Lipinski definition) is 2. The molecule has 1 aromatic heterocycles. The zero-order valence-electron chi connectivity index (χ0n) is 11.8. The van der Waals surface area contributed by atoms with Crippen LogP contribution in [0.15, 0.2) is 12.3 Å². The lowest BCUT2D eigenvalue weighted by molar-refractivity contribution is -0.131. The summed E-state index contributed by atoms with van der Waals surface area (Å²) in [5.41, 5.74) is 6.17. The Morgan fingerprint density at radius 3 is 2.76 bits per heavy atom. The van der Waals surface area contributed by atoms with Crippen molar-refractivity contribution in [3.63, 3.8) is 0 Å². The fraction of sp³-hybridized carbons (Fsp3) is 0.500. The predicted molar refractivity (Wildman–Crippen MR) is 81.0 cm³/mol. The fourth-order valence-corrected chi connectivity index (χ4v) is 2.49. The molecule has 0 aliphatic carbocycles. The summed E-state index contributed by atoms with van der Waals surface area (Å²) < 4.78 is 0. The Labute approximate surface area is 128 Å². The van der Waals surface area contributed by atoms with Crippen LogP contribution in [-0.2, 0) is 4.79 Å². The Balaban J connectivity index is 1.81. The molecule has 2 heterocycles. The Kier molecular flexibility index (Phi) is 5.38. The zero-order valence-corrected chi connectivity index (χ0v) is 12.5. The molecule has 114 valence electrons. The molecule has 21 heavy (non-hydrogen) atoms. The summed E-state index contributed by atoms with van der Waals surface area (Å²) in [6, 6.07) is 1.47. The maximum Gasteiger partial charge on any atom is 0.254 e. The Morgan fingerprint density at radius 1 is 1.33 bits per heavy atom. The number of nitrogen functional groups attached to an aromatic ring is 1. The van der Waals surface area contributed by atoms with Gasteiger partial charge in [-0.05, 0) is 25.3 Å². The number of piperidine rings is 1. The van der Waals surface area contributed by atoms with Crippen LogP contribution in [-0.4, -0.2) is 41.3 Å². The van der Waals surface area contributed by atoms with E-state index in [-0.39, 0.29) is 29.1 Å². The molecule has 1 fully saturated rings. The highest BCUT2D eigenvalue weighted by molar-refractivity contribution is 6.32. The van der Waals surface area contributed by atoms with E-state index < -0.39 is 0 Å². The molecule has 0 bridgehead atoms. The number of carbonyl (C=O) groups excluding carboxylic acids is 2. The highest BCUT2D eigenvalue weighted by Gasteiger charge is 2.17. The van der Waals surface area contributed by atoms with Crippen LogP contribution < -0.4 is 11.1 Å². The number of likely N-dealkylation sites (tertiary alicyclic amines) is 1. The molecule has 0 unspecified atom stereocenters. The number of anilines is 1. The number of aromatic nitrogens is 1. The van der Waals surface area contributed by atoms with Crippen LogP contribution in [0.25, 0.3) is 0 Å². The quantitative estimate of drug-likeness (QED) is 0.824. The second kappa shape index (κ2) is 7.26. The number of hydrogen-bond acceptors (Lipinski definition) is 4. The second-order valence-electron chi connectivity index (χ2n) is 5.05. The highest BCUT2D eigenvalue weighted by Crippen LogP contribution is 2.15. The number of carbonyl (C=O) groups is 2. The summed E-state index contributed by atoms with van der Waals surface area (Å²) in [5.74, 6) is -0.293. The minimum Gasteiger partial charge on any atom is -0.397 e. The van der Waals surface area contributed by atoms with Gasteiger partial charge >= 0.3 is 0 Å². The molecule has 1 aliphatic rings. The van der Waals surface area contributed by atoms with Gasteiger partial charge in [0.1, 0.15) is 5.15 Å². The van der Waals surface area contributed by atoms with Crippen LogP contribution in [0.4, 0.5) is 5.69 Å². The Hall–Kier alpha value is -1.82. The first-order valence-corrected chi connectivity index (χ1v) is 7.42. The molecule has 6 nitrogen and oxygen atoms in total. The molecular weight excluding hydrogens is 292 g/mol. The summed E-state index contributed by atoms with van der Waals surface area (Å²) in [6.45, 7) is 1.91. The molecule has 2 rings (SSSR count). The number of nitrogens with zero attached hydrogens (tertiary/aromatic N) is 2. The van der Waals surface area contributed by atoms with Gasteiger partial charge in [-0.25, -0.2) is 4.98 Å². The van der Waals surface area contributed by atoms with Crippen LogP contribution >= 0.6 is 11.6 Å². The Bertz CT molecular complexity index is 530. The largest absolute Gasteiger partial charge is 0.397 e. The van der Waals surface area contributed by atoms with E-state index in [4.69, 9.17) is 17.3 Å². The third kappa shape index (κ3) is 4.32.